The van der Waals surface area contributed by atoms with Crippen LogP contribution in [0.2, 0.25) is 0 Å². The summed E-state index contributed by atoms with van der Waals surface area (Å²) in [5, 5.41) is 19.7. The fraction of sp³-hybridized carbons (Fsp3) is 0.778. The number of carboxylic acid groups (broad SMARTS) is 1. The largest absolute Gasteiger partial charge is 0.479 e. The fourth-order valence-electron chi connectivity index (χ4n) is 0.876. The first-order chi connectivity index (χ1) is 6.86. The van der Waals surface area contributed by atoms with Crippen LogP contribution in [0.15, 0.2) is 0 Å². The van der Waals surface area contributed by atoms with Gasteiger partial charge in [0, 0.05) is 13.0 Å². The van der Waals surface area contributed by atoms with Gasteiger partial charge in [0.25, 0.3) is 0 Å². The van der Waals surface area contributed by atoms with Gasteiger partial charge in [-0.25, -0.2) is 4.79 Å². The van der Waals surface area contributed by atoms with Gasteiger partial charge in [0.1, 0.15) is 0 Å². The van der Waals surface area contributed by atoms with Crippen LogP contribution in [-0.2, 0) is 9.59 Å². The molecular formula is C9H18N2O4. The minimum Gasteiger partial charge on any atom is -0.479 e. The quantitative estimate of drug-likeness (QED) is 0.453. The van der Waals surface area contributed by atoms with Crippen LogP contribution in [-0.4, -0.2) is 40.8 Å². The molecule has 0 bridgehead atoms. The van der Waals surface area contributed by atoms with E-state index >= 15 is 0 Å². The number of aliphatic carboxylic acids is 1. The lowest BCUT2D eigenvalue weighted by molar-refractivity contribution is -0.147. The van der Waals surface area contributed by atoms with Crippen molar-refractivity contribution in [1.82, 2.24) is 5.32 Å². The van der Waals surface area contributed by atoms with Crippen molar-refractivity contribution in [3.8, 4) is 0 Å². The van der Waals surface area contributed by atoms with E-state index < -0.39 is 18.1 Å². The van der Waals surface area contributed by atoms with Crippen molar-refractivity contribution in [2.24, 2.45) is 11.7 Å². The summed E-state index contributed by atoms with van der Waals surface area (Å²) in [5.41, 5.74) is 5.55. The van der Waals surface area contributed by atoms with Gasteiger partial charge in [-0.05, 0) is 5.92 Å². The lowest BCUT2D eigenvalue weighted by Gasteiger charge is -2.15. The van der Waals surface area contributed by atoms with Gasteiger partial charge in [0.05, 0.1) is 6.04 Å². The van der Waals surface area contributed by atoms with Crippen molar-refractivity contribution in [2.45, 2.75) is 32.4 Å². The van der Waals surface area contributed by atoms with Crippen LogP contribution >= 0.6 is 0 Å². The Hall–Kier alpha value is -1.14. The Morgan fingerprint density at radius 1 is 1.40 bits per heavy atom. The zero-order valence-electron chi connectivity index (χ0n) is 8.93. The van der Waals surface area contributed by atoms with E-state index in [0.717, 1.165) is 0 Å². The number of nitrogens with one attached hydrogen (secondary N) is 1. The van der Waals surface area contributed by atoms with Gasteiger partial charge in [-0.3, -0.25) is 4.79 Å². The zero-order chi connectivity index (χ0) is 12.0. The summed E-state index contributed by atoms with van der Waals surface area (Å²) in [7, 11) is 0. The maximum absolute atomic E-state index is 11.3. The maximum atomic E-state index is 11.3. The first-order valence-corrected chi connectivity index (χ1v) is 4.80. The standard InChI is InChI=1S/C9H18N2O4/c1-5(2)7(10)8(13)11-4-3-6(12)9(14)15/h5-7,12H,3-4,10H2,1-2H3,(H,11,13)(H,14,15)/t6?,7-/m1/s1. The highest BCUT2D eigenvalue weighted by molar-refractivity contribution is 5.81. The molecule has 0 aliphatic heterocycles. The molecule has 0 aromatic rings. The van der Waals surface area contributed by atoms with Gasteiger partial charge < -0.3 is 21.3 Å². The summed E-state index contributed by atoms with van der Waals surface area (Å²) >= 11 is 0. The van der Waals surface area contributed by atoms with Crippen LogP contribution in [0.5, 0.6) is 0 Å². The van der Waals surface area contributed by atoms with Crippen molar-refractivity contribution < 1.29 is 19.8 Å². The van der Waals surface area contributed by atoms with E-state index in [9.17, 15) is 9.59 Å². The Kier molecular flexibility index (Phi) is 5.88. The Morgan fingerprint density at radius 2 is 1.93 bits per heavy atom. The van der Waals surface area contributed by atoms with Crippen LogP contribution in [0, 0.1) is 5.92 Å². The molecule has 5 N–H and O–H groups in total. The molecule has 0 radical (unpaired) electrons. The van der Waals surface area contributed by atoms with Gasteiger partial charge in [-0.1, -0.05) is 13.8 Å². The number of carbonyl (C=O) groups is 2. The van der Waals surface area contributed by atoms with E-state index in [0.29, 0.717) is 0 Å². The molecule has 1 unspecified atom stereocenters. The second-order valence-corrected chi connectivity index (χ2v) is 3.70. The highest BCUT2D eigenvalue weighted by atomic mass is 16.4. The number of hydrogen-bond donors (Lipinski definition) is 4. The molecular weight excluding hydrogens is 200 g/mol. The molecule has 88 valence electrons. The van der Waals surface area contributed by atoms with Crippen molar-refractivity contribution in [1.29, 1.82) is 0 Å². The monoisotopic (exact) mass is 218 g/mol. The average molecular weight is 218 g/mol. The molecule has 0 aromatic carbocycles. The van der Waals surface area contributed by atoms with Gasteiger partial charge >= 0.3 is 5.97 Å². The van der Waals surface area contributed by atoms with Crippen molar-refractivity contribution in [3.63, 3.8) is 0 Å². The Labute approximate surface area is 88.5 Å². The molecule has 0 aromatic heterocycles. The summed E-state index contributed by atoms with van der Waals surface area (Å²) in [6.45, 7) is 3.74. The predicted molar refractivity (Wildman–Crippen MR) is 54.1 cm³/mol. The minimum absolute atomic E-state index is 0.0219. The SMILES string of the molecule is CC(C)[C@@H](N)C(=O)NCCC(O)C(=O)O. The Bertz CT molecular complexity index is 230. The molecule has 0 saturated heterocycles. The molecule has 0 fully saturated rings. The molecule has 0 spiro atoms. The minimum atomic E-state index is -1.44. The molecule has 0 saturated carbocycles. The first kappa shape index (κ1) is 13.9. The number of aliphatic hydroxyl groups is 1. The summed E-state index contributed by atoms with van der Waals surface area (Å²) in [4.78, 5) is 21.5. The highest BCUT2D eigenvalue weighted by Crippen LogP contribution is 1.98. The highest BCUT2D eigenvalue weighted by Gasteiger charge is 2.18. The molecule has 6 nitrogen and oxygen atoms in total. The molecule has 0 heterocycles. The van der Waals surface area contributed by atoms with Crippen molar-refractivity contribution >= 4 is 11.9 Å². The fourth-order valence-corrected chi connectivity index (χ4v) is 0.876. The van der Waals surface area contributed by atoms with Gasteiger partial charge in [-0.2, -0.15) is 0 Å². The van der Waals surface area contributed by atoms with Crippen LogP contribution in [0.3, 0.4) is 0 Å². The topological polar surface area (TPSA) is 113 Å². The third kappa shape index (κ3) is 5.34. The van der Waals surface area contributed by atoms with E-state index in [1.54, 1.807) is 0 Å². The Morgan fingerprint density at radius 3 is 2.33 bits per heavy atom. The molecule has 0 rings (SSSR count). The lowest BCUT2D eigenvalue weighted by atomic mass is 10.1. The lowest BCUT2D eigenvalue weighted by Crippen LogP contribution is -2.44. The second-order valence-electron chi connectivity index (χ2n) is 3.70. The number of rotatable bonds is 6. The molecule has 0 aliphatic carbocycles. The van der Waals surface area contributed by atoms with E-state index in [1.165, 1.54) is 0 Å². The van der Waals surface area contributed by atoms with Gasteiger partial charge in [0.2, 0.25) is 5.91 Å². The van der Waals surface area contributed by atoms with Crippen LogP contribution in [0.4, 0.5) is 0 Å². The van der Waals surface area contributed by atoms with Gasteiger partial charge in [0.15, 0.2) is 6.10 Å². The number of carboxylic acids is 1. The predicted octanol–water partition coefficient (Wildman–Crippen LogP) is -1.08. The Balaban J connectivity index is 3.78. The molecule has 1 amide bonds. The zero-order valence-corrected chi connectivity index (χ0v) is 8.93. The molecule has 15 heavy (non-hydrogen) atoms. The van der Waals surface area contributed by atoms with E-state index in [2.05, 4.69) is 5.32 Å². The second kappa shape index (κ2) is 6.36. The van der Waals surface area contributed by atoms with Crippen LogP contribution in [0.25, 0.3) is 0 Å². The average Bonchev–Trinajstić information content (AvgIpc) is 2.15. The van der Waals surface area contributed by atoms with Crippen LogP contribution < -0.4 is 11.1 Å². The number of aliphatic hydroxyl groups excluding tert-OH is 1. The smallest absolute Gasteiger partial charge is 0.332 e. The molecule has 2 atom stereocenters. The molecule has 0 aliphatic rings. The number of amides is 1. The van der Waals surface area contributed by atoms with E-state index in [4.69, 9.17) is 15.9 Å². The van der Waals surface area contributed by atoms with Crippen molar-refractivity contribution in [3.05, 3.63) is 0 Å². The van der Waals surface area contributed by atoms with E-state index in [1.807, 2.05) is 13.8 Å². The number of hydrogen-bond acceptors (Lipinski definition) is 4. The van der Waals surface area contributed by atoms with Crippen LogP contribution in [0.1, 0.15) is 20.3 Å². The normalized spacial score (nSPS) is 14.7. The summed E-state index contributed by atoms with van der Waals surface area (Å²) in [6, 6.07) is -0.605. The third-order valence-corrected chi connectivity index (χ3v) is 2.02. The molecule has 6 heteroatoms. The third-order valence-electron chi connectivity index (χ3n) is 2.02. The maximum Gasteiger partial charge on any atom is 0.332 e. The first-order valence-electron chi connectivity index (χ1n) is 4.80. The van der Waals surface area contributed by atoms with Gasteiger partial charge in [-0.15, -0.1) is 0 Å². The summed E-state index contributed by atoms with van der Waals surface area (Å²) < 4.78 is 0. The summed E-state index contributed by atoms with van der Waals surface area (Å²) in [6.07, 6.45) is -1.47. The van der Waals surface area contributed by atoms with E-state index in [-0.39, 0.29) is 24.8 Å². The van der Waals surface area contributed by atoms with Crippen molar-refractivity contribution in [2.75, 3.05) is 6.54 Å². The number of nitrogens with two attached hydrogens (primary N) is 1. The summed E-state index contributed by atoms with van der Waals surface area (Å²) in [5.74, 6) is -1.60. The number of carbonyl (C=O) groups excluding carboxylic acids is 1.